The summed E-state index contributed by atoms with van der Waals surface area (Å²) in [4.78, 5) is 0. The molecule has 0 aliphatic carbocycles. The zero-order chi connectivity index (χ0) is 10.7. The van der Waals surface area contributed by atoms with Crippen LogP contribution in [0.25, 0.3) is 0 Å². The highest BCUT2D eigenvalue weighted by molar-refractivity contribution is 5.17. The summed E-state index contributed by atoms with van der Waals surface area (Å²) in [5.74, 6) is 0.651. The highest BCUT2D eigenvalue weighted by Crippen LogP contribution is 2.16. The number of hydrogen-bond donors (Lipinski definition) is 1. The lowest BCUT2D eigenvalue weighted by molar-refractivity contribution is 0.326. The van der Waals surface area contributed by atoms with Gasteiger partial charge in [-0.1, -0.05) is 19.1 Å². The lowest BCUT2D eigenvalue weighted by Gasteiger charge is -2.27. The summed E-state index contributed by atoms with van der Waals surface area (Å²) in [6.45, 7) is 3.40. The molecule has 1 saturated heterocycles. The van der Waals surface area contributed by atoms with Crippen LogP contribution >= 0.6 is 0 Å². The van der Waals surface area contributed by atoms with Crippen LogP contribution in [-0.4, -0.2) is 12.6 Å². The maximum absolute atomic E-state index is 12.7. The maximum atomic E-state index is 12.7. The SMILES string of the molecule is CC1CCC(Cc2ccc(F)cc2)NC1. The van der Waals surface area contributed by atoms with Gasteiger partial charge >= 0.3 is 0 Å². The molecule has 1 aliphatic rings. The van der Waals surface area contributed by atoms with Crippen LogP contribution in [0.1, 0.15) is 25.3 Å². The molecule has 0 spiro atoms. The van der Waals surface area contributed by atoms with Gasteiger partial charge in [-0.3, -0.25) is 0 Å². The van der Waals surface area contributed by atoms with Crippen LogP contribution in [0.4, 0.5) is 4.39 Å². The van der Waals surface area contributed by atoms with Gasteiger partial charge in [-0.05, 0) is 49.4 Å². The second-order valence-electron chi connectivity index (χ2n) is 4.62. The predicted octanol–water partition coefficient (Wildman–Crippen LogP) is 2.76. The van der Waals surface area contributed by atoms with Gasteiger partial charge in [0.05, 0.1) is 0 Å². The van der Waals surface area contributed by atoms with E-state index >= 15 is 0 Å². The molecule has 2 atom stereocenters. The maximum Gasteiger partial charge on any atom is 0.123 e. The summed E-state index contributed by atoms with van der Waals surface area (Å²) in [5.41, 5.74) is 1.23. The van der Waals surface area contributed by atoms with Crippen molar-refractivity contribution in [2.24, 2.45) is 5.92 Å². The Hall–Kier alpha value is -0.890. The molecule has 15 heavy (non-hydrogen) atoms. The zero-order valence-corrected chi connectivity index (χ0v) is 9.17. The molecule has 1 aromatic carbocycles. The van der Waals surface area contributed by atoms with Gasteiger partial charge in [-0.2, -0.15) is 0 Å². The Morgan fingerprint density at radius 2 is 2.00 bits per heavy atom. The van der Waals surface area contributed by atoms with E-state index in [0.717, 1.165) is 18.9 Å². The number of halogens is 1. The molecule has 82 valence electrons. The Kier molecular flexibility index (Phi) is 3.37. The van der Waals surface area contributed by atoms with Gasteiger partial charge in [0, 0.05) is 6.04 Å². The van der Waals surface area contributed by atoms with Gasteiger partial charge in [0.25, 0.3) is 0 Å². The van der Waals surface area contributed by atoms with E-state index in [1.54, 1.807) is 12.1 Å². The summed E-state index contributed by atoms with van der Waals surface area (Å²) in [7, 11) is 0. The second-order valence-corrected chi connectivity index (χ2v) is 4.62. The van der Waals surface area contributed by atoms with Gasteiger partial charge < -0.3 is 5.32 Å². The molecule has 0 radical (unpaired) electrons. The minimum atomic E-state index is -0.149. The summed E-state index contributed by atoms with van der Waals surface area (Å²) in [6.07, 6.45) is 3.56. The first-order valence-corrected chi connectivity index (χ1v) is 5.72. The Labute approximate surface area is 90.7 Å². The fraction of sp³-hybridized carbons (Fsp3) is 0.538. The van der Waals surface area contributed by atoms with Gasteiger partial charge in [0.15, 0.2) is 0 Å². The number of benzene rings is 1. The van der Waals surface area contributed by atoms with Gasteiger partial charge in [-0.25, -0.2) is 4.39 Å². The van der Waals surface area contributed by atoms with Crippen LogP contribution in [0, 0.1) is 11.7 Å². The van der Waals surface area contributed by atoms with E-state index in [2.05, 4.69) is 12.2 Å². The molecular weight excluding hydrogens is 189 g/mol. The van der Waals surface area contributed by atoms with Crippen molar-refractivity contribution in [3.63, 3.8) is 0 Å². The van der Waals surface area contributed by atoms with Gasteiger partial charge in [-0.15, -0.1) is 0 Å². The van der Waals surface area contributed by atoms with Crippen molar-refractivity contribution in [2.75, 3.05) is 6.54 Å². The van der Waals surface area contributed by atoms with E-state index in [0.29, 0.717) is 6.04 Å². The predicted molar refractivity (Wildman–Crippen MR) is 60.3 cm³/mol. The average molecular weight is 207 g/mol. The molecule has 0 aromatic heterocycles. The molecule has 2 heteroatoms. The first kappa shape index (κ1) is 10.6. The Balaban J connectivity index is 1.89. The van der Waals surface area contributed by atoms with Crippen molar-refractivity contribution in [1.29, 1.82) is 0 Å². The molecule has 1 fully saturated rings. The highest BCUT2D eigenvalue weighted by Gasteiger charge is 2.17. The zero-order valence-electron chi connectivity index (χ0n) is 9.17. The van der Waals surface area contributed by atoms with Crippen molar-refractivity contribution in [1.82, 2.24) is 5.32 Å². The molecule has 1 aliphatic heterocycles. The van der Waals surface area contributed by atoms with E-state index in [-0.39, 0.29) is 5.82 Å². The monoisotopic (exact) mass is 207 g/mol. The van der Waals surface area contributed by atoms with E-state index < -0.39 is 0 Å². The summed E-state index contributed by atoms with van der Waals surface area (Å²) in [6, 6.07) is 7.43. The minimum absolute atomic E-state index is 0.149. The number of hydrogen-bond acceptors (Lipinski definition) is 1. The van der Waals surface area contributed by atoms with E-state index in [1.165, 1.54) is 18.4 Å². The Bertz CT molecular complexity index is 299. The standard InChI is InChI=1S/C13H18FN/c1-10-2-7-13(15-9-10)8-11-3-5-12(14)6-4-11/h3-6,10,13,15H,2,7-9H2,1H3. The molecule has 2 unspecified atom stereocenters. The summed E-state index contributed by atoms with van der Waals surface area (Å²) < 4.78 is 12.7. The third-order valence-electron chi connectivity index (χ3n) is 3.16. The molecule has 0 bridgehead atoms. The smallest absolute Gasteiger partial charge is 0.123 e. The van der Waals surface area contributed by atoms with Crippen molar-refractivity contribution in [3.8, 4) is 0 Å². The molecule has 0 saturated carbocycles. The highest BCUT2D eigenvalue weighted by atomic mass is 19.1. The Morgan fingerprint density at radius 1 is 1.27 bits per heavy atom. The van der Waals surface area contributed by atoms with E-state index in [4.69, 9.17) is 0 Å². The normalized spacial score (nSPS) is 26.5. The van der Waals surface area contributed by atoms with Crippen LogP contribution in [0.15, 0.2) is 24.3 Å². The third-order valence-corrected chi connectivity index (χ3v) is 3.16. The topological polar surface area (TPSA) is 12.0 Å². The summed E-state index contributed by atoms with van der Waals surface area (Å²) in [5, 5.41) is 3.54. The minimum Gasteiger partial charge on any atom is -0.313 e. The lowest BCUT2D eigenvalue weighted by atomic mass is 9.92. The molecule has 0 amide bonds. The van der Waals surface area contributed by atoms with E-state index in [1.807, 2.05) is 12.1 Å². The number of nitrogens with one attached hydrogen (secondary N) is 1. The molecule has 2 rings (SSSR count). The van der Waals surface area contributed by atoms with Crippen molar-refractivity contribution in [3.05, 3.63) is 35.6 Å². The molecule has 1 N–H and O–H groups in total. The fourth-order valence-corrected chi connectivity index (χ4v) is 2.14. The van der Waals surface area contributed by atoms with Gasteiger partial charge in [0.1, 0.15) is 5.82 Å². The summed E-state index contributed by atoms with van der Waals surface area (Å²) >= 11 is 0. The van der Waals surface area contributed by atoms with Crippen molar-refractivity contribution >= 4 is 0 Å². The largest absolute Gasteiger partial charge is 0.313 e. The lowest BCUT2D eigenvalue weighted by Crippen LogP contribution is -2.39. The average Bonchev–Trinajstić information content (AvgIpc) is 2.25. The number of piperidine rings is 1. The third kappa shape index (κ3) is 3.03. The van der Waals surface area contributed by atoms with Crippen LogP contribution in [0.3, 0.4) is 0 Å². The van der Waals surface area contributed by atoms with Crippen molar-refractivity contribution < 1.29 is 4.39 Å². The fourth-order valence-electron chi connectivity index (χ4n) is 2.14. The van der Waals surface area contributed by atoms with Crippen LogP contribution in [-0.2, 0) is 6.42 Å². The van der Waals surface area contributed by atoms with Crippen molar-refractivity contribution in [2.45, 2.75) is 32.2 Å². The number of rotatable bonds is 2. The molecular formula is C13H18FN. The first-order valence-electron chi connectivity index (χ1n) is 5.72. The van der Waals surface area contributed by atoms with Crippen LogP contribution in [0.5, 0.6) is 0 Å². The molecule has 1 nitrogen and oxygen atoms in total. The quantitative estimate of drug-likeness (QED) is 0.786. The van der Waals surface area contributed by atoms with E-state index in [9.17, 15) is 4.39 Å². The Morgan fingerprint density at radius 3 is 2.60 bits per heavy atom. The second kappa shape index (κ2) is 4.75. The van der Waals surface area contributed by atoms with Crippen LogP contribution in [0.2, 0.25) is 0 Å². The first-order chi connectivity index (χ1) is 7.24. The molecule has 1 aromatic rings. The van der Waals surface area contributed by atoms with Gasteiger partial charge in [0.2, 0.25) is 0 Å². The van der Waals surface area contributed by atoms with Crippen LogP contribution < -0.4 is 5.32 Å². The molecule has 1 heterocycles.